The van der Waals surface area contributed by atoms with E-state index in [4.69, 9.17) is 0 Å². The molecule has 52 heavy (non-hydrogen) atoms. The van der Waals surface area contributed by atoms with Gasteiger partial charge in [0.2, 0.25) is 21.8 Å². The molecular formula is C38H49F3N4O6S. The minimum atomic E-state index is -4.90. The van der Waals surface area contributed by atoms with Crippen LogP contribution in [0.3, 0.4) is 0 Å². The van der Waals surface area contributed by atoms with Gasteiger partial charge in [0.15, 0.2) is 0 Å². The number of nitrogens with one attached hydrogen (secondary N) is 3. The Balaban J connectivity index is 1.77. The SMILES string of the molecule is CC(C)C[C@H](NC(=O)c1cc(N(C)S(=O)(=O)Cc2ccccc2)cc(C(F)(F)F)c1)[C@@H](O)C[C@@H](C)C(=O)N[C@H](C(=O)NCc1ccccc1)C(C)C. The average Bonchev–Trinajstić information content (AvgIpc) is 3.08. The summed E-state index contributed by atoms with van der Waals surface area (Å²) in [6.45, 7) is 9.08. The number of halogens is 3. The lowest BCUT2D eigenvalue weighted by molar-refractivity contribution is -0.137. The van der Waals surface area contributed by atoms with E-state index < -0.39 is 69.0 Å². The third-order valence-corrected chi connectivity index (χ3v) is 10.3. The molecule has 284 valence electrons. The number of carbonyl (C=O) groups is 3. The second-order valence-corrected chi connectivity index (χ2v) is 15.8. The van der Waals surface area contributed by atoms with Crippen LogP contribution < -0.4 is 20.3 Å². The molecular weight excluding hydrogens is 698 g/mol. The number of rotatable bonds is 17. The molecule has 0 fully saturated rings. The molecule has 0 spiro atoms. The number of benzene rings is 3. The number of aliphatic hydroxyl groups excluding tert-OH is 1. The number of hydrogen-bond donors (Lipinski definition) is 4. The predicted octanol–water partition coefficient (Wildman–Crippen LogP) is 5.66. The molecule has 0 saturated carbocycles. The van der Waals surface area contributed by atoms with Crippen molar-refractivity contribution in [2.45, 2.75) is 84.1 Å². The molecule has 0 saturated heterocycles. The molecule has 0 aliphatic carbocycles. The highest BCUT2D eigenvalue weighted by atomic mass is 32.2. The zero-order valence-corrected chi connectivity index (χ0v) is 31.1. The van der Waals surface area contributed by atoms with Crippen molar-refractivity contribution < 1.29 is 41.1 Å². The van der Waals surface area contributed by atoms with Crippen LogP contribution in [0.25, 0.3) is 0 Å². The predicted molar refractivity (Wildman–Crippen MR) is 194 cm³/mol. The fourth-order valence-corrected chi connectivity index (χ4v) is 6.79. The molecule has 0 aliphatic heterocycles. The van der Waals surface area contributed by atoms with Crippen molar-refractivity contribution in [3.63, 3.8) is 0 Å². The number of alkyl halides is 3. The Bertz CT molecular complexity index is 1760. The van der Waals surface area contributed by atoms with Gasteiger partial charge in [0, 0.05) is 25.1 Å². The highest BCUT2D eigenvalue weighted by Gasteiger charge is 2.34. The maximum absolute atomic E-state index is 14.0. The molecule has 10 nitrogen and oxygen atoms in total. The highest BCUT2D eigenvalue weighted by molar-refractivity contribution is 7.92. The molecule has 0 bridgehead atoms. The normalized spacial score (nSPS) is 14.3. The first-order valence-corrected chi connectivity index (χ1v) is 18.7. The Morgan fingerprint density at radius 3 is 1.92 bits per heavy atom. The van der Waals surface area contributed by atoms with Crippen LogP contribution in [0.15, 0.2) is 78.9 Å². The van der Waals surface area contributed by atoms with Crippen LogP contribution in [0.5, 0.6) is 0 Å². The molecule has 3 aromatic carbocycles. The highest BCUT2D eigenvalue weighted by Crippen LogP contribution is 2.34. The Morgan fingerprint density at radius 1 is 0.808 bits per heavy atom. The van der Waals surface area contributed by atoms with E-state index in [1.807, 2.05) is 44.2 Å². The molecule has 0 unspecified atom stereocenters. The first-order chi connectivity index (χ1) is 24.3. The number of anilines is 1. The van der Waals surface area contributed by atoms with E-state index in [0.717, 1.165) is 18.7 Å². The lowest BCUT2D eigenvalue weighted by Gasteiger charge is -2.29. The van der Waals surface area contributed by atoms with Gasteiger partial charge >= 0.3 is 6.18 Å². The second kappa shape index (κ2) is 18.4. The number of aliphatic hydroxyl groups is 1. The Morgan fingerprint density at radius 2 is 1.38 bits per heavy atom. The quantitative estimate of drug-likeness (QED) is 0.140. The van der Waals surface area contributed by atoms with Crippen molar-refractivity contribution in [2.24, 2.45) is 17.8 Å². The maximum atomic E-state index is 14.0. The molecule has 3 amide bonds. The third kappa shape index (κ3) is 12.4. The zero-order chi connectivity index (χ0) is 38.8. The Labute approximate surface area is 304 Å². The summed E-state index contributed by atoms with van der Waals surface area (Å²) >= 11 is 0. The van der Waals surface area contributed by atoms with Crippen molar-refractivity contribution in [3.8, 4) is 0 Å². The van der Waals surface area contributed by atoms with Gasteiger partial charge in [0.05, 0.1) is 29.1 Å². The van der Waals surface area contributed by atoms with E-state index >= 15 is 0 Å². The van der Waals surface area contributed by atoms with Gasteiger partial charge in [-0.05, 0) is 54.0 Å². The molecule has 14 heteroatoms. The molecule has 0 radical (unpaired) electrons. The number of amides is 3. The Hall–Kier alpha value is -4.43. The topological polar surface area (TPSA) is 145 Å². The molecule has 0 aromatic heterocycles. The summed E-state index contributed by atoms with van der Waals surface area (Å²) < 4.78 is 69.1. The molecule has 0 heterocycles. The number of sulfonamides is 1. The third-order valence-electron chi connectivity index (χ3n) is 8.59. The van der Waals surface area contributed by atoms with Crippen LogP contribution >= 0.6 is 0 Å². The van der Waals surface area contributed by atoms with Crippen molar-refractivity contribution >= 4 is 33.4 Å². The Kier molecular flexibility index (Phi) is 14.8. The van der Waals surface area contributed by atoms with Gasteiger partial charge in [-0.15, -0.1) is 0 Å². The molecule has 3 rings (SSSR count). The molecule has 4 N–H and O–H groups in total. The van der Waals surface area contributed by atoms with Crippen LogP contribution in [-0.2, 0) is 38.1 Å². The summed E-state index contributed by atoms with van der Waals surface area (Å²) in [6, 6.07) is 17.9. The van der Waals surface area contributed by atoms with E-state index in [1.165, 1.54) is 0 Å². The molecule has 4 atom stereocenters. The summed E-state index contributed by atoms with van der Waals surface area (Å²) in [5, 5.41) is 19.5. The maximum Gasteiger partial charge on any atom is 0.416 e. The summed E-state index contributed by atoms with van der Waals surface area (Å²) in [6.07, 6.45) is -6.11. The monoisotopic (exact) mass is 746 g/mol. The fourth-order valence-electron chi connectivity index (χ4n) is 5.56. The van der Waals surface area contributed by atoms with E-state index in [9.17, 15) is 41.1 Å². The summed E-state index contributed by atoms with van der Waals surface area (Å²) in [4.78, 5) is 39.8. The first kappa shape index (κ1) is 42.0. The zero-order valence-electron chi connectivity index (χ0n) is 30.3. The molecule has 3 aromatic rings. The van der Waals surface area contributed by atoms with Gasteiger partial charge in [-0.25, -0.2) is 8.42 Å². The van der Waals surface area contributed by atoms with Crippen molar-refractivity contribution in [2.75, 3.05) is 11.4 Å². The second-order valence-electron chi connectivity index (χ2n) is 13.8. The van der Waals surface area contributed by atoms with E-state index in [0.29, 0.717) is 22.0 Å². The minimum absolute atomic E-state index is 0.0750. The first-order valence-electron chi connectivity index (χ1n) is 17.1. The van der Waals surface area contributed by atoms with Gasteiger partial charge in [0.25, 0.3) is 5.91 Å². The van der Waals surface area contributed by atoms with Crippen molar-refractivity contribution in [3.05, 3.63) is 101 Å². The van der Waals surface area contributed by atoms with Crippen molar-refractivity contribution in [1.29, 1.82) is 0 Å². The van der Waals surface area contributed by atoms with Crippen LogP contribution in [0.1, 0.15) is 74.5 Å². The lowest BCUT2D eigenvalue weighted by Crippen LogP contribution is -2.51. The van der Waals surface area contributed by atoms with Gasteiger partial charge in [-0.1, -0.05) is 95.3 Å². The van der Waals surface area contributed by atoms with Gasteiger partial charge in [-0.3, -0.25) is 18.7 Å². The fraction of sp³-hybridized carbons (Fsp3) is 0.447. The number of carbonyl (C=O) groups excluding carboxylic acids is 3. The molecule has 0 aliphatic rings. The average molecular weight is 747 g/mol. The van der Waals surface area contributed by atoms with Crippen LogP contribution in [-0.4, -0.2) is 56.5 Å². The van der Waals surface area contributed by atoms with E-state index in [1.54, 1.807) is 51.1 Å². The largest absolute Gasteiger partial charge is 0.416 e. The minimum Gasteiger partial charge on any atom is -0.391 e. The lowest BCUT2D eigenvalue weighted by atomic mass is 9.91. The van der Waals surface area contributed by atoms with Gasteiger partial charge in [-0.2, -0.15) is 13.2 Å². The smallest absolute Gasteiger partial charge is 0.391 e. The summed E-state index contributed by atoms with van der Waals surface area (Å²) in [5.74, 6) is -3.45. The van der Waals surface area contributed by atoms with Crippen LogP contribution in [0.2, 0.25) is 0 Å². The number of hydrogen-bond acceptors (Lipinski definition) is 6. The van der Waals surface area contributed by atoms with Crippen LogP contribution in [0.4, 0.5) is 18.9 Å². The summed E-state index contributed by atoms with van der Waals surface area (Å²) in [7, 11) is -3.03. The number of nitrogens with zero attached hydrogens (tertiary/aromatic N) is 1. The standard InChI is InChI=1S/C38H49F3N4O6S/c1-24(2)17-32(33(46)18-26(5)35(47)44-34(25(3)4)37(49)42-22-27-13-9-7-10-14-27)43-36(48)29-19-30(38(39,40)41)21-31(20-29)45(6)52(50,51)23-28-15-11-8-12-16-28/h7-16,19-21,24-26,32-34,46H,17-18,22-23H2,1-6H3,(H,42,49)(H,43,48)(H,44,47)/t26-,32+,33+,34+/m1/s1. The van der Waals surface area contributed by atoms with Crippen molar-refractivity contribution in [1.82, 2.24) is 16.0 Å². The summed E-state index contributed by atoms with van der Waals surface area (Å²) in [5.41, 5.74) is -0.732. The van der Waals surface area contributed by atoms with Crippen LogP contribution in [0, 0.1) is 17.8 Å². The van der Waals surface area contributed by atoms with Gasteiger partial charge in [0.1, 0.15) is 6.04 Å². The van der Waals surface area contributed by atoms with Gasteiger partial charge < -0.3 is 21.1 Å². The van der Waals surface area contributed by atoms with E-state index in [2.05, 4.69) is 16.0 Å². The van der Waals surface area contributed by atoms with E-state index in [-0.39, 0.29) is 42.8 Å².